The predicted molar refractivity (Wildman–Crippen MR) is 92.4 cm³/mol. The van der Waals surface area contributed by atoms with Crippen molar-refractivity contribution in [1.29, 1.82) is 0 Å². The van der Waals surface area contributed by atoms with Crippen LogP contribution < -0.4 is 10.9 Å². The van der Waals surface area contributed by atoms with Crippen molar-refractivity contribution < 1.29 is 4.79 Å². The standard InChI is InChI=1S/C17H14BrN3O2/c1-10-13(8-14(18)17(23)20-10)16(22)19-9-12-7-6-11-4-2-3-5-15(11)21-12/h2-8H,9H2,1H3,(H,19,22)(H,20,23). The van der Waals surface area contributed by atoms with Gasteiger partial charge in [0.2, 0.25) is 0 Å². The van der Waals surface area contributed by atoms with E-state index in [0.717, 1.165) is 16.6 Å². The van der Waals surface area contributed by atoms with Gasteiger partial charge >= 0.3 is 0 Å². The van der Waals surface area contributed by atoms with Gasteiger partial charge in [0.05, 0.1) is 27.8 Å². The molecule has 3 rings (SSSR count). The SMILES string of the molecule is Cc1[nH]c(=O)c(Br)cc1C(=O)NCc1ccc2ccccc2n1. The molecular weight excluding hydrogens is 358 g/mol. The Hall–Kier alpha value is -2.47. The van der Waals surface area contributed by atoms with Crippen LogP contribution in [0.25, 0.3) is 10.9 Å². The monoisotopic (exact) mass is 371 g/mol. The first-order valence-electron chi connectivity index (χ1n) is 7.07. The molecule has 0 aliphatic rings. The van der Waals surface area contributed by atoms with Crippen molar-refractivity contribution in [3.05, 3.63) is 74.2 Å². The third-order valence-electron chi connectivity index (χ3n) is 3.52. The number of nitrogens with one attached hydrogen (secondary N) is 2. The van der Waals surface area contributed by atoms with Crippen molar-refractivity contribution in [2.75, 3.05) is 0 Å². The number of H-pyrrole nitrogens is 1. The summed E-state index contributed by atoms with van der Waals surface area (Å²) in [4.78, 5) is 30.9. The van der Waals surface area contributed by atoms with Crippen LogP contribution in [0.5, 0.6) is 0 Å². The van der Waals surface area contributed by atoms with Gasteiger partial charge in [-0.3, -0.25) is 14.6 Å². The molecule has 0 unspecified atom stereocenters. The Balaban J connectivity index is 1.78. The summed E-state index contributed by atoms with van der Waals surface area (Å²) >= 11 is 3.14. The minimum atomic E-state index is -0.255. The van der Waals surface area contributed by atoms with Gasteiger partial charge in [-0.05, 0) is 41.1 Å². The summed E-state index contributed by atoms with van der Waals surface area (Å²) in [6.45, 7) is 2.01. The van der Waals surface area contributed by atoms with Gasteiger partial charge in [0.1, 0.15) is 0 Å². The van der Waals surface area contributed by atoms with Crippen molar-refractivity contribution >= 4 is 32.7 Å². The minimum Gasteiger partial charge on any atom is -0.346 e. The Morgan fingerprint density at radius 1 is 1.26 bits per heavy atom. The summed E-state index contributed by atoms with van der Waals surface area (Å²) in [6.07, 6.45) is 0. The molecule has 0 atom stereocenters. The van der Waals surface area contributed by atoms with Crippen LogP contribution in [0.4, 0.5) is 0 Å². The second kappa shape index (κ2) is 6.34. The summed E-state index contributed by atoms with van der Waals surface area (Å²) < 4.78 is 0.331. The second-order valence-corrected chi connectivity index (χ2v) is 6.02. The number of aromatic nitrogens is 2. The average Bonchev–Trinajstić information content (AvgIpc) is 2.55. The highest BCUT2D eigenvalue weighted by Gasteiger charge is 2.12. The lowest BCUT2D eigenvalue weighted by molar-refractivity contribution is 0.0949. The molecule has 0 saturated carbocycles. The van der Waals surface area contributed by atoms with Crippen molar-refractivity contribution in [1.82, 2.24) is 15.3 Å². The molecule has 2 aromatic heterocycles. The number of aromatic amines is 1. The van der Waals surface area contributed by atoms with Crippen LogP contribution in [-0.4, -0.2) is 15.9 Å². The third-order valence-corrected chi connectivity index (χ3v) is 4.11. The number of hydrogen-bond donors (Lipinski definition) is 2. The number of carbonyl (C=O) groups excluding carboxylic acids is 1. The number of para-hydroxylation sites is 1. The van der Waals surface area contributed by atoms with Gasteiger partial charge in [-0.25, -0.2) is 0 Å². The molecule has 0 fully saturated rings. The molecule has 2 heterocycles. The van der Waals surface area contributed by atoms with E-state index in [2.05, 4.69) is 31.2 Å². The molecule has 0 radical (unpaired) electrons. The zero-order chi connectivity index (χ0) is 16.4. The molecule has 6 heteroatoms. The molecule has 0 aliphatic carbocycles. The van der Waals surface area contributed by atoms with E-state index in [0.29, 0.717) is 22.3 Å². The Labute approximate surface area is 140 Å². The van der Waals surface area contributed by atoms with E-state index in [4.69, 9.17) is 0 Å². The normalized spacial score (nSPS) is 10.7. The topological polar surface area (TPSA) is 74.8 Å². The highest BCUT2D eigenvalue weighted by Crippen LogP contribution is 2.12. The highest BCUT2D eigenvalue weighted by atomic mass is 79.9. The maximum atomic E-state index is 12.3. The van der Waals surface area contributed by atoms with Crippen LogP contribution in [0.2, 0.25) is 0 Å². The molecule has 116 valence electrons. The molecular formula is C17H14BrN3O2. The molecule has 5 nitrogen and oxygen atoms in total. The molecule has 0 aliphatic heterocycles. The molecule has 0 bridgehead atoms. The average molecular weight is 372 g/mol. The van der Waals surface area contributed by atoms with Crippen LogP contribution in [0.1, 0.15) is 21.7 Å². The fraction of sp³-hybridized carbons (Fsp3) is 0.118. The zero-order valence-electron chi connectivity index (χ0n) is 12.4. The number of nitrogens with zero attached hydrogens (tertiary/aromatic N) is 1. The number of rotatable bonds is 3. The van der Waals surface area contributed by atoms with Gasteiger partial charge in [-0.1, -0.05) is 24.3 Å². The maximum Gasteiger partial charge on any atom is 0.262 e. The van der Waals surface area contributed by atoms with Crippen LogP contribution in [0.3, 0.4) is 0 Å². The van der Waals surface area contributed by atoms with E-state index < -0.39 is 0 Å². The van der Waals surface area contributed by atoms with Gasteiger partial charge < -0.3 is 10.3 Å². The number of carbonyl (C=O) groups is 1. The second-order valence-electron chi connectivity index (χ2n) is 5.16. The van der Waals surface area contributed by atoms with Crippen molar-refractivity contribution in [2.45, 2.75) is 13.5 Å². The maximum absolute atomic E-state index is 12.3. The predicted octanol–water partition coefficient (Wildman–Crippen LogP) is 2.92. The molecule has 2 N–H and O–H groups in total. The van der Waals surface area contributed by atoms with Gasteiger partial charge in [0, 0.05) is 11.1 Å². The molecule has 1 amide bonds. The van der Waals surface area contributed by atoms with E-state index in [1.807, 2.05) is 36.4 Å². The van der Waals surface area contributed by atoms with E-state index in [1.54, 1.807) is 6.92 Å². The number of pyridine rings is 2. The van der Waals surface area contributed by atoms with Gasteiger partial charge in [-0.15, -0.1) is 0 Å². The Bertz CT molecular complexity index is 950. The van der Waals surface area contributed by atoms with Crippen LogP contribution in [-0.2, 0) is 6.54 Å². The van der Waals surface area contributed by atoms with E-state index >= 15 is 0 Å². The fourth-order valence-electron chi connectivity index (χ4n) is 2.31. The number of aryl methyl sites for hydroxylation is 1. The summed E-state index contributed by atoms with van der Waals surface area (Å²) in [5.74, 6) is -0.255. The number of amides is 1. The summed E-state index contributed by atoms with van der Waals surface area (Å²) in [5.41, 5.74) is 2.37. The van der Waals surface area contributed by atoms with Gasteiger partial charge in [0.25, 0.3) is 11.5 Å². The molecule has 0 saturated heterocycles. The molecule has 3 aromatic rings. The van der Waals surface area contributed by atoms with Gasteiger partial charge in [0.15, 0.2) is 0 Å². The summed E-state index contributed by atoms with van der Waals surface area (Å²) in [5, 5.41) is 3.88. The van der Waals surface area contributed by atoms with Crippen LogP contribution >= 0.6 is 15.9 Å². The van der Waals surface area contributed by atoms with E-state index in [1.165, 1.54) is 6.07 Å². The number of halogens is 1. The molecule has 23 heavy (non-hydrogen) atoms. The minimum absolute atomic E-state index is 0.254. The smallest absolute Gasteiger partial charge is 0.262 e. The summed E-state index contributed by atoms with van der Waals surface area (Å²) in [6, 6.07) is 13.2. The lowest BCUT2D eigenvalue weighted by Crippen LogP contribution is -2.26. The first kappa shape index (κ1) is 15.4. The lowest BCUT2D eigenvalue weighted by Gasteiger charge is -2.08. The number of hydrogen-bond acceptors (Lipinski definition) is 3. The Morgan fingerprint density at radius 3 is 2.87 bits per heavy atom. The quantitative estimate of drug-likeness (QED) is 0.743. The van der Waals surface area contributed by atoms with E-state index in [9.17, 15) is 9.59 Å². The zero-order valence-corrected chi connectivity index (χ0v) is 14.0. The first-order valence-corrected chi connectivity index (χ1v) is 7.86. The fourth-order valence-corrected chi connectivity index (χ4v) is 2.63. The van der Waals surface area contributed by atoms with Crippen LogP contribution in [0, 0.1) is 6.92 Å². The molecule has 0 spiro atoms. The van der Waals surface area contributed by atoms with Crippen molar-refractivity contribution in [2.24, 2.45) is 0 Å². The van der Waals surface area contributed by atoms with Crippen LogP contribution in [0.15, 0.2) is 51.7 Å². The van der Waals surface area contributed by atoms with Gasteiger partial charge in [-0.2, -0.15) is 0 Å². The summed E-state index contributed by atoms with van der Waals surface area (Å²) in [7, 11) is 0. The largest absolute Gasteiger partial charge is 0.346 e. The number of fused-ring (bicyclic) bond motifs is 1. The van der Waals surface area contributed by atoms with Crippen molar-refractivity contribution in [3.8, 4) is 0 Å². The number of benzene rings is 1. The molecule has 1 aromatic carbocycles. The Morgan fingerprint density at radius 2 is 2.04 bits per heavy atom. The highest BCUT2D eigenvalue weighted by molar-refractivity contribution is 9.10. The lowest BCUT2D eigenvalue weighted by atomic mass is 10.2. The van der Waals surface area contributed by atoms with Crippen molar-refractivity contribution in [3.63, 3.8) is 0 Å². The third kappa shape index (κ3) is 3.32. The van der Waals surface area contributed by atoms with E-state index in [-0.39, 0.29) is 11.5 Å². The first-order chi connectivity index (χ1) is 11.0. The Kier molecular flexibility index (Phi) is 4.25.